The fourth-order valence-corrected chi connectivity index (χ4v) is 3.72. The highest BCUT2D eigenvalue weighted by Crippen LogP contribution is 2.22. The first kappa shape index (κ1) is 19.3. The maximum absolute atomic E-state index is 12.9. The molecule has 1 N–H and O–H groups in total. The number of furan rings is 1. The van der Waals surface area contributed by atoms with E-state index in [1.54, 1.807) is 27.9 Å². The number of benzene rings is 1. The van der Waals surface area contributed by atoms with Crippen LogP contribution in [0.3, 0.4) is 0 Å². The van der Waals surface area contributed by atoms with Gasteiger partial charge < -0.3 is 14.6 Å². The van der Waals surface area contributed by atoms with Crippen molar-refractivity contribution in [1.82, 2.24) is 14.7 Å². The van der Waals surface area contributed by atoms with Crippen LogP contribution in [0.25, 0.3) is 0 Å². The van der Waals surface area contributed by atoms with Gasteiger partial charge in [0.15, 0.2) is 0 Å². The highest BCUT2D eigenvalue weighted by Gasteiger charge is 2.29. The maximum Gasteiger partial charge on any atom is 0.257 e. The molecule has 2 aromatic heterocycles. The van der Waals surface area contributed by atoms with E-state index in [1.807, 2.05) is 24.3 Å². The van der Waals surface area contributed by atoms with E-state index in [0.29, 0.717) is 36.0 Å². The van der Waals surface area contributed by atoms with Crippen molar-refractivity contribution < 1.29 is 14.0 Å². The van der Waals surface area contributed by atoms with Crippen LogP contribution >= 0.6 is 11.6 Å². The molecule has 150 valence electrons. The number of amides is 2. The fraction of sp³-hybridized carbons (Fsp3) is 0.286. The molecular formula is C21H21ClN4O3. The second-order valence-corrected chi connectivity index (χ2v) is 7.46. The number of carbonyl (C=O) groups excluding carboxylic acids is 2. The van der Waals surface area contributed by atoms with Gasteiger partial charge in [-0.05, 0) is 30.5 Å². The molecule has 0 saturated carbocycles. The lowest BCUT2D eigenvalue weighted by Crippen LogP contribution is -2.43. The molecule has 4 rings (SSSR count). The van der Waals surface area contributed by atoms with Gasteiger partial charge in [-0.1, -0.05) is 29.8 Å². The highest BCUT2D eigenvalue weighted by atomic mass is 35.5. The van der Waals surface area contributed by atoms with Crippen LogP contribution in [0.2, 0.25) is 5.02 Å². The minimum Gasteiger partial charge on any atom is -0.472 e. The van der Waals surface area contributed by atoms with Crippen molar-refractivity contribution in [2.24, 2.45) is 5.92 Å². The van der Waals surface area contributed by atoms with E-state index in [-0.39, 0.29) is 17.7 Å². The van der Waals surface area contributed by atoms with Gasteiger partial charge in [0.2, 0.25) is 5.91 Å². The summed E-state index contributed by atoms with van der Waals surface area (Å²) in [6.45, 7) is 1.48. The smallest absolute Gasteiger partial charge is 0.257 e. The minimum absolute atomic E-state index is 0.111. The van der Waals surface area contributed by atoms with Crippen molar-refractivity contribution in [3.8, 4) is 0 Å². The summed E-state index contributed by atoms with van der Waals surface area (Å²) in [5.74, 6) is 0.104. The molecule has 3 aromatic rings. The molecule has 0 aliphatic carbocycles. The first-order valence-electron chi connectivity index (χ1n) is 9.49. The third-order valence-electron chi connectivity index (χ3n) is 5.09. The summed E-state index contributed by atoms with van der Waals surface area (Å²) in [7, 11) is 0. The van der Waals surface area contributed by atoms with E-state index in [1.165, 1.54) is 12.5 Å². The van der Waals surface area contributed by atoms with Gasteiger partial charge in [0.1, 0.15) is 12.1 Å². The minimum atomic E-state index is -0.275. The van der Waals surface area contributed by atoms with Crippen LogP contribution in [0.1, 0.15) is 28.8 Å². The molecular weight excluding hydrogens is 392 g/mol. The van der Waals surface area contributed by atoms with E-state index in [9.17, 15) is 9.59 Å². The lowest BCUT2D eigenvalue weighted by Gasteiger charge is -2.31. The average Bonchev–Trinajstić information content (AvgIpc) is 3.42. The Bertz CT molecular complexity index is 999. The summed E-state index contributed by atoms with van der Waals surface area (Å²) in [6.07, 6.45) is 6.06. The number of hydrogen-bond donors (Lipinski definition) is 1. The summed E-state index contributed by atoms with van der Waals surface area (Å²) >= 11 is 6.24. The van der Waals surface area contributed by atoms with Gasteiger partial charge >= 0.3 is 0 Å². The van der Waals surface area contributed by atoms with Crippen molar-refractivity contribution in [1.29, 1.82) is 0 Å². The van der Waals surface area contributed by atoms with Crippen LogP contribution in [0.15, 0.2) is 59.5 Å². The molecule has 8 heteroatoms. The zero-order valence-electron chi connectivity index (χ0n) is 15.8. The Morgan fingerprint density at radius 2 is 2.10 bits per heavy atom. The molecule has 1 atom stereocenters. The van der Waals surface area contributed by atoms with Crippen molar-refractivity contribution in [3.05, 3.63) is 71.3 Å². The number of anilines is 1. The number of nitrogens with zero attached hydrogens (tertiary/aromatic N) is 3. The molecule has 1 fully saturated rings. The number of carbonyl (C=O) groups is 2. The van der Waals surface area contributed by atoms with Crippen LogP contribution < -0.4 is 5.32 Å². The Labute approximate surface area is 173 Å². The Hall–Kier alpha value is -3.06. The van der Waals surface area contributed by atoms with Gasteiger partial charge in [0, 0.05) is 24.2 Å². The van der Waals surface area contributed by atoms with Gasteiger partial charge in [-0.2, -0.15) is 5.10 Å². The van der Waals surface area contributed by atoms with Crippen LogP contribution in [-0.2, 0) is 11.3 Å². The molecule has 1 unspecified atom stereocenters. The second-order valence-electron chi connectivity index (χ2n) is 7.06. The van der Waals surface area contributed by atoms with Gasteiger partial charge in [-0.25, -0.2) is 4.68 Å². The normalized spacial score (nSPS) is 16.6. The lowest BCUT2D eigenvalue weighted by molar-refractivity contribution is -0.121. The largest absolute Gasteiger partial charge is 0.472 e. The number of halogens is 1. The highest BCUT2D eigenvalue weighted by molar-refractivity contribution is 6.31. The molecule has 0 bridgehead atoms. The average molecular weight is 413 g/mol. The van der Waals surface area contributed by atoms with E-state index in [0.717, 1.165) is 18.4 Å². The number of rotatable bonds is 5. The van der Waals surface area contributed by atoms with Crippen molar-refractivity contribution in [3.63, 3.8) is 0 Å². The van der Waals surface area contributed by atoms with E-state index in [4.69, 9.17) is 16.0 Å². The standard InChI is InChI=1S/C21H21ClN4O3/c22-18-6-2-1-4-15(18)13-26-19(7-9-23-26)24-20(27)16-5-3-10-25(12-16)21(28)17-8-11-29-14-17/h1-2,4,6-9,11,14,16H,3,5,10,12-13H2,(H,24,27). The quantitative estimate of drug-likeness (QED) is 0.693. The summed E-state index contributed by atoms with van der Waals surface area (Å²) in [5.41, 5.74) is 1.42. The van der Waals surface area contributed by atoms with Crippen LogP contribution in [-0.4, -0.2) is 39.6 Å². The van der Waals surface area contributed by atoms with Crippen LogP contribution in [0, 0.1) is 5.92 Å². The molecule has 2 amide bonds. The van der Waals surface area contributed by atoms with E-state index >= 15 is 0 Å². The monoisotopic (exact) mass is 412 g/mol. The number of nitrogens with one attached hydrogen (secondary N) is 1. The van der Waals surface area contributed by atoms with Crippen molar-refractivity contribution in [2.75, 3.05) is 18.4 Å². The van der Waals surface area contributed by atoms with Crippen molar-refractivity contribution >= 4 is 29.2 Å². The van der Waals surface area contributed by atoms with Gasteiger partial charge in [0.05, 0.1) is 30.5 Å². The fourth-order valence-electron chi connectivity index (χ4n) is 3.53. The SMILES string of the molecule is O=C(Nc1ccnn1Cc1ccccc1Cl)C1CCCN(C(=O)c2ccoc2)C1. The number of aromatic nitrogens is 2. The van der Waals surface area contributed by atoms with Crippen LogP contribution in [0.5, 0.6) is 0 Å². The second kappa shape index (κ2) is 8.53. The molecule has 0 radical (unpaired) electrons. The number of piperidine rings is 1. The zero-order valence-corrected chi connectivity index (χ0v) is 16.5. The Morgan fingerprint density at radius 3 is 2.90 bits per heavy atom. The number of likely N-dealkylation sites (tertiary alicyclic amines) is 1. The summed E-state index contributed by atoms with van der Waals surface area (Å²) < 4.78 is 6.70. The molecule has 0 spiro atoms. The van der Waals surface area contributed by atoms with E-state index in [2.05, 4.69) is 10.4 Å². The first-order valence-corrected chi connectivity index (χ1v) is 9.87. The summed E-state index contributed by atoms with van der Waals surface area (Å²) in [5, 5.41) is 7.91. The van der Waals surface area contributed by atoms with Crippen molar-refractivity contribution in [2.45, 2.75) is 19.4 Å². The third kappa shape index (κ3) is 4.35. The van der Waals surface area contributed by atoms with Gasteiger partial charge in [0.25, 0.3) is 5.91 Å². The Balaban J connectivity index is 1.41. The summed E-state index contributed by atoms with van der Waals surface area (Å²) in [6, 6.07) is 10.9. The van der Waals surface area contributed by atoms with E-state index < -0.39 is 0 Å². The molecule has 1 aliphatic rings. The van der Waals surface area contributed by atoms with Gasteiger partial charge in [-0.3, -0.25) is 9.59 Å². The predicted octanol–water partition coefficient (Wildman–Crippen LogP) is 3.67. The molecule has 1 saturated heterocycles. The van der Waals surface area contributed by atoms with Gasteiger partial charge in [-0.15, -0.1) is 0 Å². The lowest BCUT2D eigenvalue weighted by atomic mass is 9.96. The topological polar surface area (TPSA) is 80.4 Å². The van der Waals surface area contributed by atoms with Crippen LogP contribution in [0.4, 0.5) is 5.82 Å². The molecule has 29 heavy (non-hydrogen) atoms. The molecule has 1 aliphatic heterocycles. The zero-order chi connectivity index (χ0) is 20.2. The predicted molar refractivity (Wildman–Crippen MR) is 109 cm³/mol. The third-order valence-corrected chi connectivity index (χ3v) is 5.46. The molecule has 7 nitrogen and oxygen atoms in total. The molecule has 1 aromatic carbocycles. The number of hydrogen-bond acceptors (Lipinski definition) is 4. The first-order chi connectivity index (χ1) is 14.1. The summed E-state index contributed by atoms with van der Waals surface area (Å²) in [4.78, 5) is 27.1. The Kier molecular flexibility index (Phi) is 5.67. The molecule has 3 heterocycles. The Morgan fingerprint density at radius 1 is 1.24 bits per heavy atom. The maximum atomic E-state index is 12.9.